The van der Waals surface area contributed by atoms with Crippen LogP contribution in [0.3, 0.4) is 0 Å². The fraction of sp³-hybridized carbons (Fsp3) is 0. The van der Waals surface area contributed by atoms with Gasteiger partial charge in [0.2, 0.25) is 0 Å². The van der Waals surface area contributed by atoms with Crippen LogP contribution in [0.1, 0.15) is 0 Å². The van der Waals surface area contributed by atoms with Crippen molar-refractivity contribution in [2.45, 2.75) is 0 Å². The minimum absolute atomic E-state index is 0.743. The van der Waals surface area contributed by atoms with E-state index in [9.17, 15) is 0 Å². The highest BCUT2D eigenvalue weighted by Gasteiger charge is 2.25. The van der Waals surface area contributed by atoms with Gasteiger partial charge in [-0.2, -0.15) is 0 Å². The highest BCUT2D eigenvalue weighted by Crippen LogP contribution is 2.46. The SMILES string of the molecule is c1ccc(-c2cccc(P(c3ccccc3)c3ccccc3)c2Op2oc3ccc4ccccc4c3c3c(ccc4ccccc43)o2)cc1. The second kappa shape index (κ2) is 12.8. The first-order valence-electron chi connectivity index (χ1n) is 16.3. The average Bonchev–Trinajstić information content (AvgIpc) is 3.33. The third kappa shape index (κ3) is 5.48. The monoisotopic (exact) mass is 668 g/mol. The van der Waals surface area contributed by atoms with E-state index in [-0.39, 0.29) is 0 Å². The molecular weight excluding hydrogens is 638 g/mol. The van der Waals surface area contributed by atoms with Gasteiger partial charge in [-0.3, -0.25) is 0 Å². The fourth-order valence-electron chi connectivity index (χ4n) is 6.69. The Hall–Kier alpha value is -5.59. The van der Waals surface area contributed by atoms with E-state index in [0.717, 1.165) is 65.7 Å². The minimum atomic E-state index is -1.93. The van der Waals surface area contributed by atoms with Crippen LogP contribution in [0.25, 0.3) is 54.6 Å². The maximum atomic E-state index is 7.15. The summed E-state index contributed by atoms with van der Waals surface area (Å²) in [7, 11) is -2.92. The summed E-state index contributed by atoms with van der Waals surface area (Å²) in [6.45, 7) is 0. The Labute approximate surface area is 286 Å². The number of fused-ring (bicyclic) bond motifs is 7. The van der Waals surface area contributed by atoms with Crippen LogP contribution in [0.5, 0.6) is 5.75 Å². The predicted octanol–water partition coefficient (Wildman–Crippen LogP) is 11.9. The first-order chi connectivity index (χ1) is 24.3. The molecule has 9 rings (SSSR count). The lowest BCUT2D eigenvalue weighted by molar-refractivity contribution is 0.501. The highest BCUT2D eigenvalue weighted by atomic mass is 31.1. The van der Waals surface area contributed by atoms with Crippen molar-refractivity contribution in [3.63, 3.8) is 0 Å². The van der Waals surface area contributed by atoms with Crippen LogP contribution in [-0.4, -0.2) is 0 Å². The maximum Gasteiger partial charge on any atom is 0.453 e. The van der Waals surface area contributed by atoms with E-state index in [0.29, 0.717) is 0 Å². The number of para-hydroxylation sites is 1. The Kier molecular flexibility index (Phi) is 7.71. The number of rotatable bonds is 6. The second-order valence-electron chi connectivity index (χ2n) is 11.8. The molecule has 1 aromatic heterocycles. The molecule has 5 heteroatoms. The van der Waals surface area contributed by atoms with Gasteiger partial charge in [0.25, 0.3) is 0 Å². The summed E-state index contributed by atoms with van der Waals surface area (Å²) in [5, 5.41) is 10.1. The minimum Gasteiger partial charge on any atom is -0.390 e. The zero-order valence-corrected chi connectivity index (χ0v) is 28.2. The molecule has 0 N–H and O–H groups in total. The Bertz CT molecular complexity index is 2500. The van der Waals surface area contributed by atoms with Gasteiger partial charge in [0, 0.05) is 21.6 Å². The molecule has 0 saturated heterocycles. The van der Waals surface area contributed by atoms with E-state index in [4.69, 9.17) is 12.9 Å². The van der Waals surface area contributed by atoms with Crippen LogP contribution < -0.4 is 20.4 Å². The van der Waals surface area contributed by atoms with Crippen molar-refractivity contribution in [1.82, 2.24) is 0 Å². The van der Waals surface area contributed by atoms with Gasteiger partial charge < -0.3 is 12.9 Å². The largest absolute Gasteiger partial charge is 0.453 e. The summed E-state index contributed by atoms with van der Waals surface area (Å²) in [6.07, 6.45) is 0. The number of hydrogen-bond acceptors (Lipinski definition) is 3. The summed E-state index contributed by atoms with van der Waals surface area (Å²) in [6, 6.07) is 63.6. The Balaban J connectivity index is 1.35. The highest BCUT2D eigenvalue weighted by molar-refractivity contribution is 7.80. The molecule has 1 heterocycles. The molecule has 0 aliphatic heterocycles. The van der Waals surface area contributed by atoms with E-state index in [1.165, 1.54) is 10.6 Å². The van der Waals surface area contributed by atoms with Gasteiger partial charge in [0.05, 0.1) is 0 Å². The molecule has 0 amide bonds. The number of benzene rings is 8. The Morgan fingerprint density at radius 1 is 0.429 bits per heavy atom. The van der Waals surface area contributed by atoms with Crippen molar-refractivity contribution in [2.75, 3.05) is 0 Å². The summed E-state index contributed by atoms with van der Waals surface area (Å²) < 4.78 is 20.9. The molecule has 0 atom stereocenters. The lowest BCUT2D eigenvalue weighted by atomic mass is 9.99. The Morgan fingerprint density at radius 2 is 0.918 bits per heavy atom. The standard InChI is InChI=1S/C44H30O3P2/c1-4-15-31(16-5-1)38-25-14-26-41(48(34-19-6-2-7-20-34)35-21-8-3-9-22-35)44(38)47-49-45-39-29-27-32-17-10-12-23-36(32)42(39)43-37-24-13-11-18-33(37)28-30-40(43)46-49/h1-30H. The molecule has 0 fully saturated rings. The summed E-state index contributed by atoms with van der Waals surface area (Å²) in [4.78, 5) is 0. The van der Waals surface area contributed by atoms with Gasteiger partial charge in [-0.05, 0) is 57.8 Å². The van der Waals surface area contributed by atoms with Crippen molar-refractivity contribution >= 4 is 75.6 Å². The molecule has 0 aliphatic carbocycles. The topological polar surface area (TPSA) is 35.5 Å². The smallest absolute Gasteiger partial charge is 0.390 e. The van der Waals surface area contributed by atoms with Crippen LogP contribution in [0.2, 0.25) is 0 Å². The lowest BCUT2D eigenvalue weighted by Gasteiger charge is -2.23. The first-order valence-corrected chi connectivity index (χ1v) is 18.7. The van der Waals surface area contributed by atoms with Crippen molar-refractivity contribution in [2.24, 2.45) is 0 Å². The summed E-state index contributed by atoms with van der Waals surface area (Å²) >= 11 is 0. The number of hydrogen-bond donors (Lipinski definition) is 0. The normalized spacial score (nSPS) is 11.4. The molecule has 49 heavy (non-hydrogen) atoms. The molecule has 3 nitrogen and oxygen atoms in total. The van der Waals surface area contributed by atoms with Crippen molar-refractivity contribution in [1.29, 1.82) is 0 Å². The van der Waals surface area contributed by atoms with Gasteiger partial charge in [0.15, 0.2) is 5.75 Å². The zero-order chi connectivity index (χ0) is 32.6. The van der Waals surface area contributed by atoms with Crippen LogP contribution in [0.4, 0.5) is 0 Å². The summed E-state index contributed by atoms with van der Waals surface area (Å²) in [5.74, 6) is 0.769. The summed E-state index contributed by atoms with van der Waals surface area (Å²) in [5.41, 5.74) is 3.55. The molecule has 9 aromatic rings. The molecule has 0 spiro atoms. The van der Waals surface area contributed by atoms with E-state index >= 15 is 0 Å². The van der Waals surface area contributed by atoms with Crippen molar-refractivity contribution < 1.29 is 12.9 Å². The van der Waals surface area contributed by atoms with E-state index in [1.807, 2.05) is 6.07 Å². The maximum absolute atomic E-state index is 7.15. The molecule has 0 radical (unpaired) electrons. The lowest BCUT2D eigenvalue weighted by Crippen LogP contribution is -2.22. The molecule has 0 bridgehead atoms. The molecule has 0 aliphatic rings. The fourth-order valence-corrected chi connectivity index (χ4v) is 10.2. The van der Waals surface area contributed by atoms with Crippen molar-refractivity contribution in [3.05, 3.63) is 182 Å². The second-order valence-corrected chi connectivity index (χ2v) is 15.0. The van der Waals surface area contributed by atoms with Gasteiger partial charge in [-0.25, -0.2) is 0 Å². The van der Waals surface area contributed by atoms with E-state index in [1.54, 1.807) is 0 Å². The van der Waals surface area contributed by atoms with Crippen LogP contribution in [-0.2, 0) is 0 Å². The molecule has 0 saturated carbocycles. The van der Waals surface area contributed by atoms with Gasteiger partial charge >= 0.3 is 8.24 Å². The van der Waals surface area contributed by atoms with E-state index < -0.39 is 16.2 Å². The molecule has 234 valence electrons. The van der Waals surface area contributed by atoms with E-state index in [2.05, 4.69) is 176 Å². The predicted molar refractivity (Wildman–Crippen MR) is 208 cm³/mol. The Morgan fingerprint density at radius 3 is 1.47 bits per heavy atom. The van der Waals surface area contributed by atoms with Gasteiger partial charge in [-0.15, -0.1) is 0 Å². The average molecular weight is 669 g/mol. The molecule has 0 unspecified atom stereocenters. The van der Waals surface area contributed by atoms with Crippen LogP contribution >= 0.6 is 16.2 Å². The van der Waals surface area contributed by atoms with Crippen LogP contribution in [0.15, 0.2) is 190 Å². The third-order valence-electron chi connectivity index (χ3n) is 8.89. The molecule has 8 aromatic carbocycles. The van der Waals surface area contributed by atoms with Crippen LogP contribution in [0, 0.1) is 0 Å². The van der Waals surface area contributed by atoms with Crippen molar-refractivity contribution in [3.8, 4) is 16.9 Å². The van der Waals surface area contributed by atoms with Gasteiger partial charge in [0.1, 0.15) is 11.2 Å². The third-order valence-corrected chi connectivity index (χ3v) is 12.4. The first kappa shape index (κ1) is 29.5. The molecular formula is C44H30O3P2. The quantitative estimate of drug-likeness (QED) is 0.165. The van der Waals surface area contributed by atoms with Gasteiger partial charge in [-0.1, -0.05) is 170 Å². The zero-order valence-electron chi connectivity index (χ0n) is 26.4.